The second-order valence-electron chi connectivity index (χ2n) is 6.33. The zero-order chi connectivity index (χ0) is 18.5. The van der Waals surface area contributed by atoms with Crippen LogP contribution >= 0.6 is 0 Å². The molecule has 0 heterocycles. The lowest BCUT2D eigenvalue weighted by molar-refractivity contribution is -0.127. The predicted molar refractivity (Wildman–Crippen MR) is 82.7 cm³/mol. The molecule has 0 bridgehead atoms. The average Bonchev–Trinajstić information content (AvgIpc) is 2.37. The van der Waals surface area contributed by atoms with Gasteiger partial charge < -0.3 is 15.7 Å². The van der Waals surface area contributed by atoms with E-state index in [2.05, 4.69) is 10.6 Å². The Balaban J connectivity index is 2.66. The zero-order valence-electron chi connectivity index (χ0n) is 13.7. The number of carbonyl (C=O) groups is 2. The maximum Gasteiger partial charge on any atom is 0.405 e. The molecule has 0 aliphatic rings. The van der Waals surface area contributed by atoms with Crippen LogP contribution in [0, 0.1) is 0 Å². The van der Waals surface area contributed by atoms with Gasteiger partial charge in [-0.25, -0.2) is 4.79 Å². The fraction of sp³-hybridized carbons (Fsp3) is 0.500. The van der Waals surface area contributed by atoms with Crippen molar-refractivity contribution in [1.82, 2.24) is 10.6 Å². The van der Waals surface area contributed by atoms with Crippen molar-refractivity contribution in [3.05, 3.63) is 35.4 Å². The van der Waals surface area contributed by atoms with Gasteiger partial charge in [0.25, 0.3) is 0 Å². The van der Waals surface area contributed by atoms with Gasteiger partial charge in [-0.3, -0.25) is 4.79 Å². The van der Waals surface area contributed by atoms with Gasteiger partial charge in [0.05, 0.1) is 6.42 Å². The lowest BCUT2D eigenvalue weighted by Crippen LogP contribution is -2.52. The predicted octanol–water partition coefficient (Wildman–Crippen LogP) is 2.88. The number of alkyl halides is 3. The number of hydrogen-bond acceptors (Lipinski definition) is 2. The molecule has 2 amide bonds. The Morgan fingerprint density at radius 3 is 1.96 bits per heavy atom. The normalized spacial score (nSPS) is 13.2. The Labute approximate surface area is 138 Å². The number of rotatable bonds is 6. The highest BCUT2D eigenvalue weighted by molar-refractivity contribution is 5.85. The SMILES string of the molecule is C[C@H](NC(=O)O)C(=O)NC(C)(C)Cc1ccc(CC(F)(F)F)cc1. The third-order valence-corrected chi connectivity index (χ3v) is 3.27. The lowest BCUT2D eigenvalue weighted by Gasteiger charge is -2.28. The van der Waals surface area contributed by atoms with Crippen molar-refractivity contribution < 1.29 is 27.9 Å². The Morgan fingerprint density at radius 2 is 1.54 bits per heavy atom. The Kier molecular flexibility index (Phi) is 6.22. The first kappa shape index (κ1) is 19.8. The van der Waals surface area contributed by atoms with Crippen molar-refractivity contribution in [1.29, 1.82) is 0 Å². The topological polar surface area (TPSA) is 78.4 Å². The van der Waals surface area contributed by atoms with Gasteiger partial charge in [0.15, 0.2) is 0 Å². The number of hydrogen-bond donors (Lipinski definition) is 3. The summed E-state index contributed by atoms with van der Waals surface area (Å²) >= 11 is 0. The van der Waals surface area contributed by atoms with Gasteiger partial charge in [-0.05, 0) is 38.3 Å². The summed E-state index contributed by atoms with van der Waals surface area (Å²) in [6.07, 6.45) is -6.13. The third-order valence-electron chi connectivity index (χ3n) is 3.27. The van der Waals surface area contributed by atoms with Crippen molar-refractivity contribution >= 4 is 12.0 Å². The van der Waals surface area contributed by atoms with Crippen molar-refractivity contribution in [3.8, 4) is 0 Å². The molecule has 24 heavy (non-hydrogen) atoms. The van der Waals surface area contributed by atoms with Crippen LogP contribution in [-0.4, -0.2) is 34.9 Å². The molecule has 3 N–H and O–H groups in total. The highest BCUT2D eigenvalue weighted by atomic mass is 19.4. The maximum atomic E-state index is 12.3. The number of nitrogens with one attached hydrogen (secondary N) is 2. The number of carboxylic acid groups (broad SMARTS) is 1. The summed E-state index contributed by atoms with van der Waals surface area (Å²) in [7, 11) is 0. The van der Waals surface area contributed by atoms with E-state index in [1.165, 1.54) is 19.1 Å². The van der Waals surface area contributed by atoms with Crippen molar-refractivity contribution in [2.45, 2.75) is 51.4 Å². The van der Waals surface area contributed by atoms with Crippen LogP contribution in [0.3, 0.4) is 0 Å². The van der Waals surface area contributed by atoms with E-state index in [4.69, 9.17) is 5.11 Å². The van der Waals surface area contributed by atoms with E-state index in [1.807, 2.05) is 0 Å². The molecule has 0 unspecified atom stereocenters. The largest absolute Gasteiger partial charge is 0.465 e. The van der Waals surface area contributed by atoms with E-state index in [9.17, 15) is 22.8 Å². The summed E-state index contributed by atoms with van der Waals surface area (Å²) in [6.45, 7) is 4.93. The molecule has 8 heteroatoms. The van der Waals surface area contributed by atoms with Crippen LogP contribution in [0.1, 0.15) is 31.9 Å². The molecule has 0 saturated carbocycles. The van der Waals surface area contributed by atoms with Crippen LogP contribution < -0.4 is 10.6 Å². The lowest BCUT2D eigenvalue weighted by atomic mass is 9.93. The van der Waals surface area contributed by atoms with E-state index in [0.717, 1.165) is 5.56 Å². The molecule has 0 aromatic heterocycles. The molecule has 0 aliphatic heterocycles. The Bertz CT molecular complexity index is 583. The Morgan fingerprint density at radius 1 is 1.08 bits per heavy atom. The second-order valence-corrected chi connectivity index (χ2v) is 6.33. The summed E-state index contributed by atoms with van der Waals surface area (Å²) in [5.41, 5.74) is 0.259. The van der Waals surface area contributed by atoms with Crippen LogP contribution in [0.2, 0.25) is 0 Å². The first-order valence-electron chi connectivity index (χ1n) is 7.34. The van der Waals surface area contributed by atoms with Crippen LogP contribution in [0.5, 0.6) is 0 Å². The van der Waals surface area contributed by atoms with E-state index in [-0.39, 0.29) is 5.56 Å². The second kappa shape index (κ2) is 7.55. The molecule has 1 aromatic carbocycles. The van der Waals surface area contributed by atoms with E-state index < -0.39 is 36.2 Å². The highest BCUT2D eigenvalue weighted by Gasteiger charge is 2.28. The highest BCUT2D eigenvalue weighted by Crippen LogP contribution is 2.22. The summed E-state index contributed by atoms with van der Waals surface area (Å²) in [4.78, 5) is 22.5. The van der Waals surface area contributed by atoms with Gasteiger partial charge in [0, 0.05) is 5.54 Å². The molecule has 0 saturated heterocycles. The zero-order valence-corrected chi connectivity index (χ0v) is 13.7. The minimum atomic E-state index is -4.25. The molecule has 1 rings (SSSR count). The summed E-state index contributed by atoms with van der Waals surface area (Å²) < 4.78 is 37.0. The first-order chi connectivity index (χ1) is 10.9. The van der Waals surface area contributed by atoms with Gasteiger partial charge in [0.2, 0.25) is 5.91 Å². The molecule has 0 aliphatic carbocycles. The van der Waals surface area contributed by atoms with Gasteiger partial charge >= 0.3 is 12.3 Å². The molecular formula is C16H21F3N2O3. The fourth-order valence-corrected chi connectivity index (χ4v) is 2.25. The smallest absolute Gasteiger partial charge is 0.405 e. The summed E-state index contributed by atoms with van der Waals surface area (Å²) in [6, 6.07) is 5.10. The standard InChI is InChI=1S/C16H21F3N2O3/c1-10(20-14(23)24)13(22)21-15(2,3)8-11-4-6-12(7-5-11)9-16(17,18)19/h4-7,10,20H,8-9H2,1-3H3,(H,21,22)(H,23,24)/t10-/m0/s1. The molecule has 0 radical (unpaired) electrons. The van der Waals surface area contributed by atoms with Crippen molar-refractivity contribution in [2.75, 3.05) is 0 Å². The van der Waals surface area contributed by atoms with Crippen molar-refractivity contribution in [2.24, 2.45) is 0 Å². The monoisotopic (exact) mass is 346 g/mol. The molecule has 134 valence electrons. The van der Waals surface area contributed by atoms with Crippen LogP contribution in [-0.2, 0) is 17.6 Å². The van der Waals surface area contributed by atoms with Crippen LogP contribution in [0.15, 0.2) is 24.3 Å². The van der Waals surface area contributed by atoms with Gasteiger partial charge in [-0.2, -0.15) is 13.2 Å². The van der Waals surface area contributed by atoms with Crippen LogP contribution in [0.4, 0.5) is 18.0 Å². The van der Waals surface area contributed by atoms with E-state index in [0.29, 0.717) is 6.42 Å². The van der Waals surface area contributed by atoms with Gasteiger partial charge in [-0.1, -0.05) is 24.3 Å². The quantitative estimate of drug-likeness (QED) is 0.741. The van der Waals surface area contributed by atoms with E-state index in [1.54, 1.807) is 26.0 Å². The molecular weight excluding hydrogens is 325 g/mol. The van der Waals surface area contributed by atoms with Gasteiger partial charge in [0.1, 0.15) is 6.04 Å². The molecule has 0 spiro atoms. The van der Waals surface area contributed by atoms with E-state index >= 15 is 0 Å². The van der Waals surface area contributed by atoms with Crippen LogP contribution in [0.25, 0.3) is 0 Å². The fourth-order valence-electron chi connectivity index (χ4n) is 2.25. The summed E-state index contributed by atoms with van der Waals surface area (Å²) in [5, 5.41) is 13.4. The first-order valence-corrected chi connectivity index (χ1v) is 7.34. The molecule has 0 fully saturated rings. The summed E-state index contributed by atoms with van der Waals surface area (Å²) in [5.74, 6) is -0.476. The Hall–Kier alpha value is -2.25. The molecule has 1 aromatic rings. The number of carbonyl (C=O) groups excluding carboxylic acids is 1. The minimum absolute atomic E-state index is 0.173. The van der Waals surface area contributed by atoms with Gasteiger partial charge in [-0.15, -0.1) is 0 Å². The average molecular weight is 346 g/mol. The third kappa shape index (κ3) is 7.34. The molecule has 5 nitrogen and oxygen atoms in total. The minimum Gasteiger partial charge on any atom is -0.465 e. The molecule has 1 atom stereocenters. The number of benzene rings is 1. The maximum absolute atomic E-state index is 12.3. The number of halogens is 3. The van der Waals surface area contributed by atoms with Crippen molar-refractivity contribution in [3.63, 3.8) is 0 Å². The number of amides is 2.